The Morgan fingerprint density at radius 2 is 1.58 bits per heavy atom. The van der Waals surface area contributed by atoms with Gasteiger partial charge in [0.05, 0.1) is 25.2 Å². The third-order valence-corrected chi connectivity index (χ3v) is 9.02. The fourth-order valence-corrected chi connectivity index (χ4v) is 7.11. The van der Waals surface area contributed by atoms with E-state index in [1.807, 2.05) is 13.0 Å². The Morgan fingerprint density at radius 1 is 0.917 bits per heavy atom. The molecule has 0 aliphatic carbocycles. The molecule has 1 atom stereocenters. The van der Waals surface area contributed by atoms with Crippen LogP contribution in [-0.2, 0) is 29.1 Å². The number of carbonyl (C=O) groups excluding carboxylic acids is 2. The number of thioether (sulfide) groups is 1. The van der Waals surface area contributed by atoms with Crippen LogP contribution in [0.25, 0.3) is 0 Å². The number of fused-ring (bicyclic) bond motifs is 1. The second-order valence-electron chi connectivity index (χ2n) is 7.87. The number of aryl methyl sites for hydroxylation is 1. The molecule has 0 amide bonds. The van der Waals surface area contributed by atoms with Crippen molar-refractivity contribution in [3.8, 4) is 0 Å². The number of nitrogens with zero attached hydrogens (tertiary/aromatic N) is 1. The summed E-state index contributed by atoms with van der Waals surface area (Å²) in [6, 6.07) is 19.5. The smallest absolute Gasteiger partial charge is 0.356 e. The van der Waals surface area contributed by atoms with Gasteiger partial charge in [-0.1, -0.05) is 75.7 Å². The molecular formula is C26H22BrNO6S2. The summed E-state index contributed by atoms with van der Waals surface area (Å²) in [5.41, 5.74) is 1.63. The lowest BCUT2D eigenvalue weighted by molar-refractivity contribution is -0.139. The van der Waals surface area contributed by atoms with Crippen molar-refractivity contribution < 1.29 is 27.5 Å². The van der Waals surface area contributed by atoms with Gasteiger partial charge in [0.1, 0.15) is 4.91 Å². The molecule has 0 bridgehead atoms. The first-order valence-electron chi connectivity index (χ1n) is 10.7. The average Bonchev–Trinajstić information content (AvgIpc) is 3.03. The van der Waals surface area contributed by atoms with Gasteiger partial charge in [0.15, 0.2) is 5.70 Å². The number of carbonyl (C=O) groups is 2. The number of rotatable bonds is 5. The second-order valence-corrected chi connectivity index (χ2v) is 11.7. The Morgan fingerprint density at radius 3 is 2.22 bits per heavy atom. The first-order valence-corrected chi connectivity index (χ1v) is 13.8. The van der Waals surface area contributed by atoms with Crippen molar-refractivity contribution in [2.75, 3.05) is 14.2 Å². The molecule has 0 fully saturated rings. The normalized spacial score (nSPS) is 15.7. The van der Waals surface area contributed by atoms with Crippen molar-refractivity contribution in [2.45, 2.75) is 22.8 Å². The van der Waals surface area contributed by atoms with Crippen LogP contribution in [0.2, 0.25) is 0 Å². The minimum Gasteiger partial charge on any atom is -0.465 e. The van der Waals surface area contributed by atoms with E-state index in [0.717, 1.165) is 33.2 Å². The Balaban J connectivity index is 2.15. The van der Waals surface area contributed by atoms with E-state index in [-0.39, 0.29) is 9.80 Å². The molecule has 0 saturated carbocycles. The average molecular weight is 589 g/mol. The van der Waals surface area contributed by atoms with Gasteiger partial charge in [-0.05, 0) is 48.4 Å². The van der Waals surface area contributed by atoms with Crippen molar-refractivity contribution >= 4 is 49.7 Å². The highest BCUT2D eigenvalue weighted by molar-refractivity contribution is 9.10. The SMILES string of the molecule is COC(=O)C1=C(C(=O)OC)N(S(=O)(=O)c2ccc(C)cc2)[C@H](c2cccc(Br)c2)c2ccccc2S1. The zero-order valence-corrected chi connectivity index (χ0v) is 22.8. The number of hydrogen-bond donors (Lipinski definition) is 0. The lowest BCUT2D eigenvalue weighted by Gasteiger charge is -2.33. The third-order valence-electron chi connectivity index (χ3n) is 5.59. The lowest BCUT2D eigenvalue weighted by atomic mass is 9.98. The molecule has 3 aromatic carbocycles. The summed E-state index contributed by atoms with van der Waals surface area (Å²) in [6.07, 6.45) is 0. The first-order chi connectivity index (χ1) is 17.2. The maximum atomic E-state index is 14.3. The summed E-state index contributed by atoms with van der Waals surface area (Å²) in [5.74, 6) is -1.83. The van der Waals surface area contributed by atoms with Gasteiger partial charge < -0.3 is 9.47 Å². The number of benzene rings is 3. The molecule has 36 heavy (non-hydrogen) atoms. The largest absolute Gasteiger partial charge is 0.465 e. The molecule has 1 aliphatic heterocycles. The molecule has 0 saturated heterocycles. The summed E-state index contributed by atoms with van der Waals surface area (Å²) >= 11 is 4.43. The predicted octanol–water partition coefficient (Wildman–Crippen LogP) is 5.20. The van der Waals surface area contributed by atoms with E-state index < -0.39 is 33.7 Å². The van der Waals surface area contributed by atoms with Crippen LogP contribution in [0.15, 0.2) is 97.7 Å². The van der Waals surface area contributed by atoms with E-state index in [4.69, 9.17) is 9.47 Å². The minimum atomic E-state index is -4.40. The summed E-state index contributed by atoms with van der Waals surface area (Å²) in [7, 11) is -2.09. The van der Waals surface area contributed by atoms with E-state index in [9.17, 15) is 18.0 Å². The van der Waals surface area contributed by atoms with E-state index in [2.05, 4.69) is 15.9 Å². The van der Waals surface area contributed by atoms with Crippen molar-refractivity contribution in [1.29, 1.82) is 0 Å². The van der Waals surface area contributed by atoms with Gasteiger partial charge >= 0.3 is 11.9 Å². The van der Waals surface area contributed by atoms with E-state index in [1.165, 1.54) is 19.2 Å². The van der Waals surface area contributed by atoms with Crippen LogP contribution in [0, 0.1) is 6.92 Å². The maximum absolute atomic E-state index is 14.3. The lowest BCUT2D eigenvalue weighted by Crippen LogP contribution is -2.39. The van der Waals surface area contributed by atoms with Crippen LogP contribution in [0.3, 0.4) is 0 Å². The molecule has 1 aliphatic rings. The molecular weight excluding hydrogens is 566 g/mol. The van der Waals surface area contributed by atoms with Crippen molar-refractivity contribution in [2.24, 2.45) is 0 Å². The van der Waals surface area contributed by atoms with Gasteiger partial charge in [0.25, 0.3) is 10.0 Å². The molecule has 0 N–H and O–H groups in total. The van der Waals surface area contributed by atoms with E-state index in [1.54, 1.807) is 54.6 Å². The Bertz CT molecular complexity index is 1470. The second kappa shape index (κ2) is 10.5. The molecule has 10 heteroatoms. The first kappa shape index (κ1) is 26.0. The Hall–Kier alpha value is -3.08. The fraction of sp³-hybridized carbons (Fsp3) is 0.154. The Labute approximate surface area is 222 Å². The highest BCUT2D eigenvalue weighted by Gasteiger charge is 2.44. The topological polar surface area (TPSA) is 90.0 Å². The summed E-state index contributed by atoms with van der Waals surface area (Å²) in [5, 5.41) is 0. The molecule has 1 heterocycles. The van der Waals surface area contributed by atoms with Crippen LogP contribution >= 0.6 is 27.7 Å². The summed E-state index contributed by atoms with van der Waals surface area (Å²) in [6.45, 7) is 1.84. The van der Waals surface area contributed by atoms with Gasteiger partial charge in [-0.2, -0.15) is 0 Å². The highest BCUT2D eigenvalue weighted by Crippen LogP contribution is 2.48. The Kier molecular flexibility index (Phi) is 7.58. The van der Waals surface area contributed by atoms with Crippen molar-refractivity contribution in [3.05, 3.63) is 105 Å². The van der Waals surface area contributed by atoms with Gasteiger partial charge in [-0.25, -0.2) is 22.3 Å². The third kappa shape index (κ3) is 4.80. The monoisotopic (exact) mass is 587 g/mol. The molecule has 4 rings (SSSR count). The van der Waals surface area contributed by atoms with E-state index in [0.29, 0.717) is 16.0 Å². The van der Waals surface area contributed by atoms with Crippen LogP contribution in [-0.4, -0.2) is 38.9 Å². The van der Waals surface area contributed by atoms with Crippen molar-refractivity contribution in [1.82, 2.24) is 4.31 Å². The zero-order valence-electron chi connectivity index (χ0n) is 19.6. The van der Waals surface area contributed by atoms with Crippen LogP contribution in [0.4, 0.5) is 0 Å². The van der Waals surface area contributed by atoms with Gasteiger partial charge in [0, 0.05) is 9.37 Å². The number of esters is 2. The molecule has 3 aromatic rings. The van der Waals surface area contributed by atoms with Crippen molar-refractivity contribution in [3.63, 3.8) is 0 Å². The van der Waals surface area contributed by atoms with Gasteiger partial charge in [-0.15, -0.1) is 0 Å². The van der Waals surface area contributed by atoms with Gasteiger partial charge in [0.2, 0.25) is 0 Å². The minimum absolute atomic E-state index is 0.0388. The standard InChI is InChI=1S/C26H22BrNO6S2/c1-16-11-13-19(14-12-16)36(31,32)28-22(17-7-6-8-18(27)15-17)20-9-4-5-10-21(20)35-24(26(30)34-3)23(28)25(29)33-2/h4-15,22H,1-3H3/t22-/m1/s1. The summed E-state index contributed by atoms with van der Waals surface area (Å²) < 4.78 is 40.4. The molecule has 186 valence electrons. The number of hydrogen-bond acceptors (Lipinski definition) is 7. The van der Waals surface area contributed by atoms with E-state index >= 15 is 0 Å². The number of methoxy groups -OCH3 is 2. The van der Waals surface area contributed by atoms with Crippen LogP contribution in [0.1, 0.15) is 22.7 Å². The number of ether oxygens (including phenoxy) is 2. The quantitative estimate of drug-likeness (QED) is 0.379. The van der Waals surface area contributed by atoms with Crippen LogP contribution in [0.5, 0.6) is 0 Å². The zero-order chi connectivity index (χ0) is 26.0. The van der Waals surface area contributed by atoms with Crippen LogP contribution < -0.4 is 0 Å². The highest BCUT2D eigenvalue weighted by atomic mass is 79.9. The molecule has 0 radical (unpaired) electrons. The molecule has 0 aromatic heterocycles. The van der Waals surface area contributed by atoms with Gasteiger partial charge in [-0.3, -0.25) is 0 Å². The molecule has 7 nitrogen and oxygen atoms in total. The maximum Gasteiger partial charge on any atom is 0.356 e. The summed E-state index contributed by atoms with van der Waals surface area (Å²) in [4.78, 5) is 26.6. The number of halogens is 1. The molecule has 0 unspecified atom stereocenters. The predicted molar refractivity (Wildman–Crippen MR) is 140 cm³/mol. The number of sulfonamides is 1. The fourth-order valence-electron chi connectivity index (χ4n) is 3.90. The molecule has 0 spiro atoms.